The third-order valence-electron chi connectivity index (χ3n) is 5.23. The van der Waals surface area contributed by atoms with E-state index < -0.39 is 0 Å². The molecule has 0 radical (unpaired) electrons. The highest BCUT2D eigenvalue weighted by molar-refractivity contribution is 5.77. The molecule has 0 bridgehead atoms. The van der Waals surface area contributed by atoms with E-state index in [1.807, 2.05) is 11.8 Å². The van der Waals surface area contributed by atoms with Crippen molar-refractivity contribution in [2.24, 2.45) is 5.41 Å². The smallest absolute Gasteiger partial charge is 0.266 e. The molecule has 3 rings (SSSR count). The summed E-state index contributed by atoms with van der Waals surface area (Å²) in [4.78, 5) is 21.0. The number of hydrogen-bond acceptors (Lipinski definition) is 6. The summed E-state index contributed by atoms with van der Waals surface area (Å²) in [6.07, 6.45) is 5.53. The Balaban J connectivity index is 1.66. The Bertz CT molecular complexity index is 562. The molecule has 2 saturated heterocycles. The van der Waals surface area contributed by atoms with Crippen LogP contribution in [0.1, 0.15) is 44.9 Å². The van der Waals surface area contributed by atoms with Gasteiger partial charge in [0.1, 0.15) is 0 Å². The Morgan fingerprint density at radius 2 is 2.21 bits per heavy atom. The summed E-state index contributed by atoms with van der Waals surface area (Å²) in [6, 6.07) is 0. The average Bonchev–Trinajstić information content (AvgIpc) is 3.08. The number of likely N-dealkylation sites (tertiary alicyclic amines) is 1. The Morgan fingerprint density at radius 1 is 1.33 bits per heavy atom. The molecule has 1 unspecified atom stereocenters. The normalized spacial score (nSPS) is 24.8. The quantitative estimate of drug-likeness (QED) is 0.739. The maximum absolute atomic E-state index is 12.2. The van der Waals surface area contributed by atoms with Gasteiger partial charge in [-0.3, -0.25) is 4.79 Å². The number of methoxy groups -OCH3 is 1. The van der Waals surface area contributed by atoms with Crippen LogP contribution in [-0.2, 0) is 16.0 Å². The SMILES string of the molecule is CCc1nc(N2CCCC3(CCC(=O)N(CCCOC)C3)C2)no1. The highest BCUT2D eigenvalue weighted by Crippen LogP contribution is 2.39. The lowest BCUT2D eigenvalue weighted by Gasteiger charge is -2.48. The summed E-state index contributed by atoms with van der Waals surface area (Å²) >= 11 is 0. The van der Waals surface area contributed by atoms with Crippen molar-refractivity contribution in [3.63, 3.8) is 0 Å². The van der Waals surface area contributed by atoms with Gasteiger partial charge in [-0.1, -0.05) is 6.92 Å². The summed E-state index contributed by atoms with van der Waals surface area (Å²) in [6.45, 7) is 6.21. The number of amides is 1. The third kappa shape index (κ3) is 3.71. The predicted molar refractivity (Wildman–Crippen MR) is 89.9 cm³/mol. The van der Waals surface area contributed by atoms with E-state index in [0.717, 1.165) is 58.3 Å². The minimum absolute atomic E-state index is 0.159. The van der Waals surface area contributed by atoms with E-state index in [1.54, 1.807) is 7.11 Å². The third-order valence-corrected chi connectivity index (χ3v) is 5.23. The van der Waals surface area contributed by atoms with Gasteiger partial charge in [-0.2, -0.15) is 4.98 Å². The predicted octanol–water partition coefficient (Wildman–Crippen LogP) is 1.88. The molecule has 134 valence electrons. The minimum atomic E-state index is 0.159. The van der Waals surface area contributed by atoms with E-state index in [0.29, 0.717) is 24.9 Å². The number of nitrogens with zero attached hydrogens (tertiary/aromatic N) is 4. The van der Waals surface area contributed by atoms with Crippen LogP contribution in [0.2, 0.25) is 0 Å². The number of piperidine rings is 2. The number of ether oxygens (including phenoxy) is 1. The molecule has 0 N–H and O–H groups in total. The fourth-order valence-corrected chi connectivity index (χ4v) is 3.94. The molecule has 24 heavy (non-hydrogen) atoms. The topological polar surface area (TPSA) is 71.7 Å². The Morgan fingerprint density at radius 3 is 2.96 bits per heavy atom. The van der Waals surface area contributed by atoms with Crippen molar-refractivity contribution in [3.05, 3.63) is 5.89 Å². The molecule has 2 fully saturated rings. The summed E-state index contributed by atoms with van der Waals surface area (Å²) in [7, 11) is 1.70. The van der Waals surface area contributed by atoms with E-state index in [9.17, 15) is 4.79 Å². The second-order valence-corrected chi connectivity index (χ2v) is 7.03. The maximum atomic E-state index is 12.2. The van der Waals surface area contributed by atoms with E-state index in [4.69, 9.17) is 9.26 Å². The molecular weight excluding hydrogens is 308 g/mol. The van der Waals surface area contributed by atoms with Gasteiger partial charge in [-0.15, -0.1) is 0 Å². The van der Waals surface area contributed by atoms with Gasteiger partial charge in [0.2, 0.25) is 11.8 Å². The van der Waals surface area contributed by atoms with Gasteiger partial charge in [-0.25, -0.2) is 0 Å². The lowest BCUT2D eigenvalue weighted by molar-refractivity contribution is -0.138. The number of aromatic nitrogens is 2. The van der Waals surface area contributed by atoms with Gasteiger partial charge < -0.3 is 19.1 Å². The van der Waals surface area contributed by atoms with E-state index in [1.165, 1.54) is 0 Å². The number of rotatable bonds is 6. The molecule has 7 nitrogen and oxygen atoms in total. The summed E-state index contributed by atoms with van der Waals surface area (Å²) in [5.41, 5.74) is 0.159. The lowest BCUT2D eigenvalue weighted by Crippen LogP contribution is -2.54. The van der Waals surface area contributed by atoms with Gasteiger partial charge in [0.05, 0.1) is 0 Å². The number of carbonyl (C=O) groups is 1. The van der Waals surface area contributed by atoms with E-state index in [2.05, 4.69) is 15.0 Å². The van der Waals surface area contributed by atoms with Crippen LogP contribution in [0, 0.1) is 5.41 Å². The second kappa shape index (κ2) is 7.51. The van der Waals surface area contributed by atoms with Crippen molar-refractivity contribution < 1.29 is 14.1 Å². The molecule has 2 aliphatic heterocycles. The van der Waals surface area contributed by atoms with Crippen LogP contribution in [0.3, 0.4) is 0 Å². The monoisotopic (exact) mass is 336 g/mol. The molecule has 0 saturated carbocycles. The van der Waals surface area contributed by atoms with Crippen LogP contribution in [0.5, 0.6) is 0 Å². The highest BCUT2D eigenvalue weighted by atomic mass is 16.5. The van der Waals surface area contributed by atoms with Crippen LogP contribution < -0.4 is 4.90 Å². The zero-order valence-electron chi connectivity index (χ0n) is 14.8. The molecule has 1 amide bonds. The summed E-state index contributed by atoms with van der Waals surface area (Å²) in [5, 5.41) is 4.13. The van der Waals surface area contributed by atoms with E-state index >= 15 is 0 Å². The molecule has 3 heterocycles. The molecule has 1 spiro atoms. The maximum Gasteiger partial charge on any atom is 0.266 e. The standard InChI is InChI=1S/C17H28N4O3/c1-3-14-18-16(19-24-14)21-9-4-7-17(13-21)8-6-15(22)20(12-17)10-5-11-23-2/h3-13H2,1-2H3. The van der Waals surface area contributed by atoms with Crippen molar-refractivity contribution in [1.29, 1.82) is 0 Å². The first-order valence-corrected chi connectivity index (χ1v) is 9.00. The zero-order chi connectivity index (χ0) is 17.0. The van der Waals surface area contributed by atoms with Crippen LogP contribution in [0.25, 0.3) is 0 Å². The van der Waals surface area contributed by atoms with Crippen LogP contribution in [0.15, 0.2) is 4.52 Å². The van der Waals surface area contributed by atoms with Crippen LogP contribution >= 0.6 is 0 Å². The van der Waals surface area contributed by atoms with Crippen molar-refractivity contribution in [1.82, 2.24) is 15.0 Å². The summed E-state index contributed by atoms with van der Waals surface area (Å²) in [5.74, 6) is 1.67. The molecule has 1 aromatic heterocycles. The van der Waals surface area contributed by atoms with Gasteiger partial charge in [-0.05, 0) is 30.8 Å². The zero-order valence-corrected chi connectivity index (χ0v) is 14.8. The first kappa shape index (κ1) is 17.2. The first-order valence-electron chi connectivity index (χ1n) is 9.00. The van der Waals surface area contributed by atoms with Gasteiger partial charge >= 0.3 is 0 Å². The van der Waals surface area contributed by atoms with Gasteiger partial charge in [0, 0.05) is 58.2 Å². The minimum Gasteiger partial charge on any atom is -0.385 e. The molecule has 1 atom stereocenters. The molecule has 0 aromatic carbocycles. The van der Waals surface area contributed by atoms with Crippen molar-refractivity contribution in [2.45, 2.75) is 45.4 Å². The Labute approximate surface area is 143 Å². The Kier molecular flexibility index (Phi) is 5.38. The molecule has 1 aromatic rings. The largest absolute Gasteiger partial charge is 0.385 e. The van der Waals surface area contributed by atoms with E-state index in [-0.39, 0.29) is 11.3 Å². The highest BCUT2D eigenvalue weighted by Gasteiger charge is 2.42. The molecule has 7 heteroatoms. The second-order valence-electron chi connectivity index (χ2n) is 7.03. The van der Waals surface area contributed by atoms with Gasteiger partial charge in [0.25, 0.3) is 5.95 Å². The van der Waals surface area contributed by atoms with Crippen molar-refractivity contribution in [3.8, 4) is 0 Å². The average molecular weight is 336 g/mol. The Hall–Kier alpha value is -1.63. The van der Waals surface area contributed by atoms with Crippen LogP contribution in [-0.4, -0.2) is 60.8 Å². The number of carbonyl (C=O) groups excluding carboxylic acids is 1. The lowest BCUT2D eigenvalue weighted by atomic mass is 9.73. The number of aryl methyl sites for hydroxylation is 1. The molecular formula is C17H28N4O3. The summed E-state index contributed by atoms with van der Waals surface area (Å²) < 4.78 is 10.4. The first-order chi connectivity index (χ1) is 11.7. The van der Waals surface area contributed by atoms with Crippen molar-refractivity contribution in [2.75, 3.05) is 44.8 Å². The number of hydrogen-bond donors (Lipinski definition) is 0. The number of anilines is 1. The van der Waals surface area contributed by atoms with Crippen LogP contribution in [0.4, 0.5) is 5.95 Å². The van der Waals surface area contributed by atoms with Gasteiger partial charge in [0.15, 0.2) is 0 Å². The fraction of sp³-hybridized carbons (Fsp3) is 0.824. The fourth-order valence-electron chi connectivity index (χ4n) is 3.94. The molecule has 2 aliphatic rings. The molecule has 0 aliphatic carbocycles. The van der Waals surface area contributed by atoms with Crippen molar-refractivity contribution >= 4 is 11.9 Å².